The van der Waals surface area contributed by atoms with Crippen LogP contribution in [-0.4, -0.2) is 15.9 Å². The number of benzene rings is 2. The minimum absolute atomic E-state index is 0. The molecule has 0 amide bonds. The Morgan fingerprint density at radius 1 is 1.00 bits per heavy atom. The minimum atomic E-state index is -0.377. The zero-order valence-corrected chi connectivity index (χ0v) is 27.9. The number of aromatic nitrogens is 1. The standard InChI is InChI=1S/C21H16NOS.C13H24O2.Ir/c1-14-8-15(2)10-18(9-14)23-21-12-20-17(13-22-21)11-19(24-20)16-6-4-3-5-7-16;1-7-12(3,4)10(14)9-11(15)13(5,6)8-2;/h3-9,11-13H,1-2H3;9,14H,7-8H2,1-6H3;/q-1;;/b;10-9-;. The maximum atomic E-state index is 11.8. The Hall–Kier alpha value is -2.79. The van der Waals surface area contributed by atoms with Crippen LogP contribution in [0.25, 0.3) is 20.5 Å². The molecule has 4 rings (SSSR count). The molecular formula is C34H40IrNO3S-. The molecule has 0 fully saturated rings. The molecule has 0 spiro atoms. The van der Waals surface area contributed by atoms with E-state index in [9.17, 15) is 9.90 Å². The van der Waals surface area contributed by atoms with E-state index in [1.165, 1.54) is 21.2 Å². The number of rotatable bonds is 8. The number of hydrogen-bond donors (Lipinski definition) is 1. The summed E-state index contributed by atoms with van der Waals surface area (Å²) in [4.78, 5) is 17.5. The molecule has 40 heavy (non-hydrogen) atoms. The van der Waals surface area contributed by atoms with Crippen LogP contribution in [0.3, 0.4) is 0 Å². The first-order valence-corrected chi connectivity index (χ1v) is 14.2. The summed E-state index contributed by atoms with van der Waals surface area (Å²) in [5.41, 5.74) is 2.76. The second-order valence-corrected chi connectivity index (χ2v) is 12.3. The van der Waals surface area contributed by atoms with Gasteiger partial charge >= 0.3 is 0 Å². The van der Waals surface area contributed by atoms with Crippen molar-refractivity contribution in [1.29, 1.82) is 0 Å². The summed E-state index contributed by atoms with van der Waals surface area (Å²) in [5.74, 6) is 1.50. The van der Waals surface area contributed by atoms with Crippen molar-refractivity contribution in [2.45, 2.75) is 68.2 Å². The number of aliphatic hydroxyl groups excluding tert-OH is 1. The molecule has 2 aromatic carbocycles. The van der Waals surface area contributed by atoms with Crippen molar-refractivity contribution in [3.05, 3.63) is 89.8 Å². The van der Waals surface area contributed by atoms with E-state index in [0.717, 1.165) is 29.4 Å². The Kier molecular flexibility index (Phi) is 11.9. The summed E-state index contributed by atoms with van der Waals surface area (Å²) >= 11 is 1.75. The third-order valence-electron chi connectivity index (χ3n) is 7.17. The van der Waals surface area contributed by atoms with Crippen molar-refractivity contribution in [1.82, 2.24) is 4.98 Å². The van der Waals surface area contributed by atoms with Gasteiger partial charge in [-0.15, -0.1) is 23.5 Å². The number of hydrogen-bond acceptors (Lipinski definition) is 5. The molecule has 215 valence electrons. The summed E-state index contributed by atoms with van der Waals surface area (Å²) in [6.45, 7) is 15.7. The van der Waals surface area contributed by atoms with Gasteiger partial charge in [0.2, 0.25) is 5.88 Å². The van der Waals surface area contributed by atoms with Gasteiger partial charge in [0.15, 0.2) is 5.78 Å². The molecular weight excluding hydrogens is 695 g/mol. The Morgan fingerprint density at radius 2 is 1.65 bits per heavy atom. The van der Waals surface area contributed by atoms with Crippen LogP contribution >= 0.6 is 11.3 Å². The number of nitrogens with zero attached hydrogens (tertiary/aromatic N) is 1. The van der Waals surface area contributed by atoms with Crippen molar-refractivity contribution in [2.24, 2.45) is 10.8 Å². The van der Waals surface area contributed by atoms with Crippen LogP contribution < -0.4 is 4.74 Å². The van der Waals surface area contributed by atoms with E-state index in [0.29, 0.717) is 11.6 Å². The molecule has 0 bridgehead atoms. The first-order chi connectivity index (χ1) is 18.3. The quantitative estimate of drug-likeness (QED) is 0.111. The predicted molar refractivity (Wildman–Crippen MR) is 164 cm³/mol. The van der Waals surface area contributed by atoms with Crippen LogP contribution in [0.4, 0.5) is 0 Å². The number of carbonyl (C=O) groups is 1. The normalized spacial score (nSPS) is 11.8. The topological polar surface area (TPSA) is 59.4 Å². The molecule has 4 aromatic rings. The first-order valence-electron chi connectivity index (χ1n) is 13.4. The minimum Gasteiger partial charge on any atom is -0.512 e. The summed E-state index contributed by atoms with van der Waals surface area (Å²) < 4.78 is 7.07. The van der Waals surface area contributed by atoms with Gasteiger partial charge in [0.1, 0.15) is 5.76 Å². The van der Waals surface area contributed by atoms with Crippen molar-refractivity contribution < 1.29 is 34.7 Å². The van der Waals surface area contributed by atoms with Crippen molar-refractivity contribution in [2.75, 3.05) is 0 Å². The molecule has 0 atom stereocenters. The SMILES string of the molecule is CCC(C)(C)C(=O)/C=C(\O)C(C)(C)CC.Cc1[c-]c(Oc2cc3sc(-c4ccccc4)cc3cn2)cc(C)c1.[Ir]. The number of aryl methyl sites for hydroxylation is 2. The Labute approximate surface area is 256 Å². The molecule has 6 heteroatoms. The second kappa shape index (κ2) is 14.2. The van der Waals surface area contributed by atoms with E-state index >= 15 is 0 Å². The maximum Gasteiger partial charge on any atom is 0.218 e. The van der Waals surface area contributed by atoms with Crippen molar-refractivity contribution in [3.63, 3.8) is 0 Å². The summed E-state index contributed by atoms with van der Waals surface area (Å²) in [6, 6.07) is 21.8. The molecule has 4 nitrogen and oxygen atoms in total. The molecule has 0 aliphatic heterocycles. The third-order valence-corrected chi connectivity index (χ3v) is 8.32. The van der Waals surface area contributed by atoms with Gasteiger partial charge in [-0.25, -0.2) is 4.98 Å². The molecule has 2 heterocycles. The van der Waals surface area contributed by atoms with Crippen molar-refractivity contribution in [3.8, 4) is 22.1 Å². The van der Waals surface area contributed by atoms with E-state index in [1.807, 2.05) is 72.9 Å². The summed E-state index contributed by atoms with van der Waals surface area (Å²) in [6.07, 6.45) is 4.86. The average Bonchev–Trinajstić information content (AvgIpc) is 3.32. The molecule has 0 saturated carbocycles. The molecule has 0 saturated heterocycles. The van der Waals surface area contributed by atoms with Gasteiger partial charge < -0.3 is 9.84 Å². The predicted octanol–water partition coefficient (Wildman–Crippen LogP) is 10.0. The van der Waals surface area contributed by atoms with Crippen LogP contribution in [0.15, 0.2) is 72.6 Å². The van der Waals surface area contributed by atoms with Gasteiger partial charge in [-0.1, -0.05) is 85.7 Å². The maximum absolute atomic E-state index is 11.8. The number of allylic oxidation sites excluding steroid dienone is 2. The molecule has 2 aromatic heterocycles. The van der Waals surface area contributed by atoms with Gasteiger partial charge in [-0.2, -0.15) is 17.2 Å². The molecule has 0 aliphatic carbocycles. The van der Waals surface area contributed by atoms with Gasteiger partial charge in [-0.05, 0) is 24.5 Å². The first kappa shape index (κ1) is 33.4. The number of pyridine rings is 1. The number of thiophene rings is 1. The van der Waals surface area contributed by atoms with Crippen LogP contribution in [-0.2, 0) is 24.9 Å². The van der Waals surface area contributed by atoms with E-state index in [1.54, 1.807) is 11.3 Å². The van der Waals surface area contributed by atoms with Crippen LogP contribution in [0.2, 0.25) is 0 Å². The monoisotopic (exact) mass is 735 g/mol. The average molecular weight is 735 g/mol. The fraction of sp³-hybridized carbons (Fsp3) is 0.353. The zero-order chi connectivity index (χ0) is 28.8. The largest absolute Gasteiger partial charge is 0.512 e. The molecule has 1 N–H and O–H groups in total. The number of aliphatic hydroxyl groups is 1. The fourth-order valence-corrected chi connectivity index (χ4v) is 4.68. The smallest absolute Gasteiger partial charge is 0.218 e. The van der Waals surface area contributed by atoms with E-state index < -0.39 is 0 Å². The Morgan fingerprint density at radius 3 is 2.25 bits per heavy atom. The van der Waals surface area contributed by atoms with E-state index in [-0.39, 0.29) is 42.5 Å². The van der Waals surface area contributed by atoms with Crippen LogP contribution in [0.1, 0.15) is 65.5 Å². The second-order valence-electron chi connectivity index (χ2n) is 11.2. The summed E-state index contributed by atoms with van der Waals surface area (Å²) in [7, 11) is 0. The Bertz CT molecular complexity index is 1430. The molecule has 1 radical (unpaired) electrons. The number of fused-ring (bicyclic) bond motifs is 1. The fourth-order valence-electron chi connectivity index (χ4n) is 3.61. The third kappa shape index (κ3) is 8.86. The van der Waals surface area contributed by atoms with Gasteiger partial charge in [0.05, 0.1) is 0 Å². The number of carbonyl (C=O) groups excluding carboxylic acids is 1. The number of ketones is 1. The van der Waals surface area contributed by atoms with E-state index in [2.05, 4.69) is 54.4 Å². The zero-order valence-electron chi connectivity index (χ0n) is 24.7. The molecule has 0 unspecified atom stereocenters. The van der Waals surface area contributed by atoms with Gasteiger partial charge in [-0.3, -0.25) is 4.79 Å². The molecule has 0 aliphatic rings. The Balaban J connectivity index is 0.000000307. The van der Waals surface area contributed by atoms with Gasteiger partial charge in [0, 0.05) is 70.0 Å². The van der Waals surface area contributed by atoms with Gasteiger partial charge in [0.25, 0.3) is 0 Å². The van der Waals surface area contributed by atoms with E-state index in [4.69, 9.17) is 4.74 Å². The van der Waals surface area contributed by atoms with Crippen LogP contribution in [0, 0.1) is 30.7 Å². The number of ether oxygens (including phenoxy) is 1. The van der Waals surface area contributed by atoms with Crippen molar-refractivity contribution >= 4 is 27.2 Å². The van der Waals surface area contributed by atoms with Crippen LogP contribution in [0.5, 0.6) is 11.6 Å². The summed E-state index contributed by atoms with van der Waals surface area (Å²) in [5, 5.41) is 11.0.